The third-order valence-electron chi connectivity index (χ3n) is 3.80. The van der Waals surface area contributed by atoms with Gasteiger partial charge in [-0.3, -0.25) is 9.48 Å². The van der Waals surface area contributed by atoms with E-state index in [1.807, 2.05) is 13.2 Å². The van der Waals surface area contributed by atoms with Gasteiger partial charge >= 0.3 is 0 Å². The molecule has 1 aliphatic carbocycles. The second-order valence-corrected chi connectivity index (χ2v) is 5.97. The largest absolute Gasteiger partial charge is 0.299 e. The van der Waals surface area contributed by atoms with Gasteiger partial charge < -0.3 is 0 Å². The Morgan fingerprint density at radius 3 is 2.65 bits per heavy atom. The predicted octanol–water partition coefficient (Wildman–Crippen LogP) is 2.14. The van der Waals surface area contributed by atoms with Crippen molar-refractivity contribution in [3.63, 3.8) is 0 Å². The summed E-state index contributed by atoms with van der Waals surface area (Å²) in [6, 6.07) is 0. The molecule has 0 atom stereocenters. The van der Waals surface area contributed by atoms with Crippen molar-refractivity contribution in [2.75, 3.05) is 0 Å². The molecule has 0 amide bonds. The van der Waals surface area contributed by atoms with Gasteiger partial charge in [0.2, 0.25) is 0 Å². The van der Waals surface area contributed by atoms with Gasteiger partial charge in [-0.25, -0.2) is 0 Å². The molecule has 94 valence electrons. The lowest BCUT2D eigenvalue weighted by Gasteiger charge is -2.33. The van der Waals surface area contributed by atoms with E-state index in [2.05, 4.69) is 24.2 Å². The molecule has 4 heteroatoms. The smallest absolute Gasteiger partial charge is 0.142 e. The minimum Gasteiger partial charge on any atom is -0.299 e. The number of aromatic nitrogens is 3. The van der Waals surface area contributed by atoms with E-state index in [0.29, 0.717) is 17.6 Å². The lowest BCUT2D eigenvalue weighted by molar-refractivity contribution is -0.123. The number of ketones is 1. The van der Waals surface area contributed by atoms with Gasteiger partial charge in [0.15, 0.2) is 0 Å². The molecule has 0 saturated heterocycles. The molecule has 4 nitrogen and oxygen atoms in total. The standard InChI is InChI=1S/C13H21N3O/c1-13(2)6-4-10(5-7-13)12(17)8-11-9-16(3)15-14-11/h9-10H,4-8H2,1-3H3. The molecular weight excluding hydrogens is 214 g/mol. The van der Waals surface area contributed by atoms with Gasteiger partial charge in [-0.15, -0.1) is 5.10 Å². The number of aryl methyl sites for hydroxylation is 1. The highest BCUT2D eigenvalue weighted by Gasteiger charge is 2.30. The predicted molar refractivity (Wildman–Crippen MR) is 65.5 cm³/mol. The topological polar surface area (TPSA) is 47.8 Å². The summed E-state index contributed by atoms with van der Waals surface area (Å²) in [4.78, 5) is 12.1. The van der Waals surface area contributed by atoms with Crippen LogP contribution in [-0.2, 0) is 18.3 Å². The van der Waals surface area contributed by atoms with Crippen molar-refractivity contribution in [1.29, 1.82) is 0 Å². The van der Waals surface area contributed by atoms with Gasteiger partial charge in [-0.1, -0.05) is 19.1 Å². The molecule has 0 N–H and O–H groups in total. The molecule has 17 heavy (non-hydrogen) atoms. The third-order valence-corrected chi connectivity index (χ3v) is 3.80. The Balaban J connectivity index is 1.89. The molecule has 1 saturated carbocycles. The summed E-state index contributed by atoms with van der Waals surface area (Å²) in [5.41, 5.74) is 1.21. The van der Waals surface area contributed by atoms with Crippen LogP contribution in [-0.4, -0.2) is 20.8 Å². The summed E-state index contributed by atoms with van der Waals surface area (Å²) >= 11 is 0. The highest BCUT2D eigenvalue weighted by atomic mass is 16.1. The van der Waals surface area contributed by atoms with Crippen LogP contribution in [0.3, 0.4) is 0 Å². The molecular formula is C13H21N3O. The molecule has 1 aromatic heterocycles. The van der Waals surface area contributed by atoms with Gasteiger partial charge in [-0.05, 0) is 31.1 Å². The Hall–Kier alpha value is -1.19. The first-order chi connectivity index (χ1) is 7.96. The Labute approximate surface area is 102 Å². The number of Topliss-reactive ketones (excluding diaryl/α,β-unsaturated/α-hetero) is 1. The van der Waals surface area contributed by atoms with Gasteiger partial charge in [-0.2, -0.15) is 0 Å². The molecule has 0 aliphatic heterocycles. The number of rotatable bonds is 3. The van der Waals surface area contributed by atoms with Crippen molar-refractivity contribution in [3.8, 4) is 0 Å². The highest BCUT2D eigenvalue weighted by Crippen LogP contribution is 2.38. The van der Waals surface area contributed by atoms with Crippen molar-refractivity contribution in [2.45, 2.75) is 46.0 Å². The minimum absolute atomic E-state index is 0.241. The number of hydrogen-bond donors (Lipinski definition) is 0. The summed E-state index contributed by atoms with van der Waals surface area (Å²) in [5.74, 6) is 0.575. The van der Waals surface area contributed by atoms with Crippen LogP contribution in [0.5, 0.6) is 0 Å². The fraction of sp³-hybridized carbons (Fsp3) is 0.769. The molecule has 0 bridgehead atoms. The summed E-state index contributed by atoms with van der Waals surface area (Å²) in [6.07, 6.45) is 6.65. The van der Waals surface area contributed by atoms with Crippen molar-refractivity contribution in [1.82, 2.24) is 15.0 Å². The van der Waals surface area contributed by atoms with E-state index in [4.69, 9.17) is 0 Å². The summed E-state index contributed by atoms with van der Waals surface area (Å²) in [5, 5.41) is 7.82. The van der Waals surface area contributed by atoms with E-state index >= 15 is 0 Å². The monoisotopic (exact) mass is 235 g/mol. The molecule has 1 fully saturated rings. The van der Waals surface area contributed by atoms with E-state index in [0.717, 1.165) is 31.4 Å². The first-order valence-corrected chi connectivity index (χ1v) is 6.34. The average molecular weight is 235 g/mol. The summed E-state index contributed by atoms with van der Waals surface area (Å²) in [6.45, 7) is 4.58. The maximum Gasteiger partial charge on any atom is 0.142 e. The number of carbonyl (C=O) groups excluding carboxylic acids is 1. The quantitative estimate of drug-likeness (QED) is 0.806. The van der Waals surface area contributed by atoms with Gasteiger partial charge in [0, 0.05) is 19.2 Å². The van der Waals surface area contributed by atoms with Crippen molar-refractivity contribution in [3.05, 3.63) is 11.9 Å². The van der Waals surface area contributed by atoms with Crippen LogP contribution in [0.4, 0.5) is 0 Å². The Kier molecular flexibility index (Phi) is 3.31. The lowest BCUT2D eigenvalue weighted by atomic mass is 9.71. The van der Waals surface area contributed by atoms with E-state index in [1.165, 1.54) is 0 Å². The normalized spacial score (nSPS) is 20.4. The second kappa shape index (κ2) is 4.59. The van der Waals surface area contributed by atoms with Gasteiger partial charge in [0.05, 0.1) is 12.1 Å². The van der Waals surface area contributed by atoms with Crippen LogP contribution < -0.4 is 0 Å². The first kappa shape index (κ1) is 12.3. The molecule has 0 unspecified atom stereocenters. The molecule has 0 radical (unpaired) electrons. The highest BCUT2D eigenvalue weighted by molar-refractivity contribution is 5.82. The number of nitrogens with zero attached hydrogens (tertiary/aromatic N) is 3. The van der Waals surface area contributed by atoms with Gasteiger partial charge in [0.1, 0.15) is 5.78 Å². The van der Waals surface area contributed by atoms with Crippen molar-refractivity contribution >= 4 is 5.78 Å². The molecule has 1 aliphatic rings. The van der Waals surface area contributed by atoms with Crippen LogP contribution in [0, 0.1) is 11.3 Å². The second-order valence-electron chi connectivity index (χ2n) is 5.97. The zero-order valence-corrected chi connectivity index (χ0v) is 10.9. The third kappa shape index (κ3) is 3.14. The van der Waals surface area contributed by atoms with Crippen LogP contribution >= 0.6 is 0 Å². The molecule has 1 aromatic rings. The fourth-order valence-electron chi connectivity index (χ4n) is 2.52. The average Bonchev–Trinajstić information content (AvgIpc) is 2.63. The summed E-state index contributed by atoms with van der Waals surface area (Å²) < 4.78 is 1.65. The Morgan fingerprint density at radius 2 is 2.12 bits per heavy atom. The van der Waals surface area contributed by atoms with Crippen LogP contribution in [0.15, 0.2) is 6.20 Å². The number of hydrogen-bond acceptors (Lipinski definition) is 3. The maximum absolute atomic E-state index is 12.1. The maximum atomic E-state index is 12.1. The molecule has 2 rings (SSSR count). The molecule has 0 spiro atoms. The van der Waals surface area contributed by atoms with Crippen molar-refractivity contribution < 1.29 is 4.79 Å². The number of carbonyl (C=O) groups is 1. The lowest BCUT2D eigenvalue weighted by Crippen LogP contribution is -2.27. The van der Waals surface area contributed by atoms with Crippen LogP contribution in [0.25, 0.3) is 0 Å². The SMILES string of the molecule is Cn1cc(CC(=O)C2CCC(C)(C)CC2)nn1. The Morgan fingerprint density at radius 1 is 1.47 bits per heavy atom. The summed E-state index contributed by atoms with van der Waals surface area (Å²) in [7, 11) is 1.82. The molecule has 1 heterocycles. The zero-order chi connectivity index (χ0) is 12.5. The van der Waals surface area contributed by atoms with E-state index in [9.17, 15) is 4.79 Å². The Bertz CT molecular complexity index is 399. The van der Waals surface area contributed by atoms with E-state index < -0.39 is 0 Å². The first-order valence-electron chi connectivity index (χ1n) is 6.34. The van der Waals surface area contributed by atoms with Crippen LogP contribution in [0.1, 0.15) is 45.2 Å². The van der Waals surface area contributed by atoms with Crippen LogP contribution in [0.2, 0.25) is 0 Å². The minimum atomic E-state index is 0.241. The van der Waals surface area contributed by atoms with E-state index in [-0.39, 0.29) is 5.92 Å². The fourth-order valence-corrected chi connectivity index (χ4v) is 2.52. The van der Waals surface area contributed by atoms with E-state index in [1.54, 1.807) is 4.68 Å². The van der Waals surface area contributed by atoms with Crippen molar-refractivity contribution in [2.24, 2.45) is 18.4 Å². The zero-order valence-electron chi connectivity index (χ0n) is 10.9. The van der Waals surface area contributed by atoms with Gasteiger partial charge in [0.25, 0.3) is 0 Å². The molecule has 0 aromatic carbocycles.